The first-order chi connectivity index (χ1) is 10.3. The zero-order valence-electron chi connectivity index (χ0n) is 13.3. The first kappa shape index (κ1) is 18.9. The van der Waals surface area contributed by atoms with Crippen LogP contribution < -0.4 is 0 Å². The van der Waals surface area contributed by atoms with Crippen LogP contribution in [0.1, 0.15) is 33.1 Å². The quantitative estimate of drug-likeness (QED) is 0.654. The van der Waals surface area contributed by atoms with Crippen molar-refractivity contribution in [3.63, 3.8) is 0 Å². The fourth-order valence-corrected chi connectivity index (χ4v) is 4.40. The van der Waals surface area contributed by atoms with Crippen molar-refractivity contribution in [1.29, 1.82) is 0 Å². The van der Waals surface area contributed by atoms with Gasteiger partial charge in [0.15, 0.2) is 9.84 Å². The van der Waals surface area contributed by atoms with E-state index >= 15 is 0 Å². The molecule has 1 rings (SSSR count). The maximum atomic E-state index is 12.1. The third kappa shape index (κ3) is 5.24. The maximum absolute atomic E-state index is 12.1. The van der Waals surface area contributed by atoms with Gasteiger partial charge in [-0.05, 0) is 6.42 Å². The van der Waals surface area contributed by atoms with E-state index in [0.29, 0.717) is 32.4 Å². The largest absolute Gasteiger partial charge is 0.395 e. The number of sulfone groups is 1. The fraction of sp³-hybridized carbons (Fsp3) is 0.857. The summed E-state index contributed by atoms with van der Waals surface area (Å²) < 4.78 is 23.2. The summed E-state index contributed by atoms with van der Waals surface area (Å²) in [5.41, 5.74) is 0. The van der Waals surface area contributed by atoms with Gasteiger partial charge in [-0.3, -0.25) is 9.59 Å². The molecule has 1 aliphatic heterocycles. The second-order valence-electron chi connectivity index (χ2n) is 5.46. The van der Waals surface area contributed by atoms with Gasteiger partial charge in [-0.25, -0.2) is 8.42 Å². The molecular weight excluding hydrogens is 308 g/mol. The number of rotatable bonds is 8. The Morgan fingerprint density at radius 3 is 2.18 bits per heavy atom. The van der Waals surface area contributed by atoms with Gasteiger partial charge in [0.25, 0.3) is 0 Å². The summed E-state index contributed by atoms with van der Waals surface area (Å²) in [6.07, 6.45) is 1.09. The highest BCUT2D eigenvalue weighted by atomic mass is 32.2. The lowest BCUT2D eigenvalue weighted by Crippen LogP contribution is -2.46. The maximum Gasteiger partial charge on any atom is 0.222 e. The van der Waals surface area contributed by atoms with Gasteiger partial charge >= 0.3 is 0 Å². The minimum absolute atomic E-state index is 0.000461. The molecule has 2 amide bonds. The van der Waals surface area contributed by atoms with Crippen molar-refractivity contribution in [3.8, 4) is 0 Å². The lowest BCUT2D eigenvalue weighted by atomic mass is 10.2. The molecule has 128 valence electrons. The Kier molecular flexibility index (Phi) is 7.28. The van der Waals surface area contributed by atoms with Crippen LogP contribution >= 0.6 is 0 Å². The fourth-order valence-electron chi connectivity index (χ4n) is 2.67. The van der Waals surface area contributed by atoms with Crippen molar-refractivity contribution in [3.05, 3.63) is 0 Å². The van der Waals surface area contributed by atoms with E-state index in [4.69, 9.17) is 5.11 Å². The van der Waals surface area contributed by atoms with Crippen molar-refractivity contribution in [1.82, 2.24) is 9.80 Å². The molecule has 0 unspecified atom stereocenters. The smallest absolute Gasteiger partial charge is 0.222 e. The molecule has 0 bridgehead atoms. The van der Waals surface area contributed by atoms with Gasteiger partial charge in [0.2, 0.25) is 11.8 Å². The van der Waals surface area contributed by atoms with Crippen LogP contribution in [-0.2, 0) is 19.4 Å². The summed E-state index contributed by atoms with van der Waals surface area (Å²) in [4.78, 5) is 27.0. The van der Waals surface area contributed by atoms with Crippen LogP contribution in [0.5, 0.6) is 0 Å². The Balaban J connectivity index is 2.73. The summed E-state index contributed by atoms with van der Waals surface area (Å²) in [5.74, 6) is -0.0770. The molecule has 1 saturated heterocycles. The van der Waals surface area contributed by atoms with Crippen molar-refractivity contribution < 1.29 is 23.1 Å². The zero-order chi connectivity index (χ0) is 16.8. The lowest BCUT2D eigenvalue weighted by Gasteiger charge is -2.31. The topological polar surface area (TPSA) is 95.0 Å². The predicted octanol–water partition coefficient (Wildman–Crippen LogP) is -0.357. The molecule has 8 heteroatoms. The van der Waals surface area contributed by atoms with Crippen LogP contribution in [0.4, 0.5) is 0 Å². The predicted molar refractivity (Wildman–Crippen MR) is 83.0 cm³/mol. The van der Waals surface area contributed by atoms with E-state index in [-0.39, 0.29) is 42.5 Å². The van der Waals surface area contributed by atoms with E-state index in [9.17, 15) is 18.0 Å². The highest BCUT2D eigenvalue weighted by Crippen LogP contribution is 2.18. The molecule has 0 aromatic carbocycles. The molecule has 0 radical (unpaired) electrons. The first-order valence-electron chi connectivity index (χ1n) is 7.73. The Morgan fingerprint density at radius 1 is 1.09 bits per heavy atom. The molecule has 1 fully saturated rings. The summed E-state index contributed by atoms with van der Waals surface area (Å²) in [6.45, 7) is 4.19. The number of hydrogen-bond donors (Lipinski definition) is 1. The molecule has 7 nitrogen and oxygen atoms in total. The first-order valence-corrected chi connectivity index (χ1v) is 9.55. The minimum atomic E-state index is -3.07. The third-order valence-corrected chi connectivity index (χ3v) is 5.66. The molecule has 0 aromatic heterocycles. The van der Waals surface area contributed by atoms with E-state index in [1.54, 1.807) is 18.7 Å². The Hall–Kier alpha value is -1.15. The third-order valence-electron chi connectivity index (χ3n) is 3.91. The molecule has 0 aromatic rings. The SMILES string of the molecule is CCC(=O)N(CCO)CCN(C(=O)CC)[C@@H]1CCS(=O)(=O)C1. The number of carbonyl (C=O) groups is 2. The molecule has 0 aliphatic carbocycles. The number of carbonyl (C=O) groups excluding carboxylic acids is 2. The van der Waals surface area contributed by atoms with Crippen LogP contribution in [0.2, 0.25) is 0 Å². The summed E-state index contributed by atoms with van der Waals surface area (Å²) >= 11 is 0. The van der Waals surface area contributed by atoms with Crippen molar-refractivity contribution in [2.75, 3.05) is 37.7 Å². The molecule has 0 saturated carbocycles. The van der Waals surface area contributed by atoms with E-state index in [0.717, 1.165) is 0 Å². The highest BCUT2D eigenvalue weighted by molar-refractivity contribution is 7.91. The van der Waals surface area contributed by atoms with Gasteiger partial charge < -0.3 is 14.9 Å². The van der Waals surface area contributed by atoms with Gasteiger partial charge in [-0.1, -0.05) is 13.8 Å². The molecular formula is C14H26N2O5S. The molecule has 1 aliphatic rings. The average Bonchev–Trinajstić information content (AvgIpc) is 2.85. The lowest BCUT2D eigenvalue weighted by molar-refractivity contribution is -0.136. The summed E-state index contributed by atoms with van der Waals surface area (Å²) in [5, 5.41) is 9.03. The molecule has 1 N–H and O–H groups in total. The van der Waals surface area contributed by atoms with Gasteiger partial charge in [-0.2, -0.15) is 0 Å². The van der Waals surface area contributed by atoms with Crippen molar-refractivity contribution >= 4 is 21.7 Å². The van der Waals surface area contributed by atoms with Gasteiger partial charge in [-0.15, -0.1) is 0 Å². The molecule has 22 heavy (non-hydrogen) atoms. The zero-order valence-corrected chi connectivity index (χ0v) is 14.1. The Bertz CT molecular complexity index is 491. The van der Waals surface area contributed by atoms with Crippen LogP contribution in [0.25, 0.3) is 0 Å². The second kappa shape index (κ2) is 8.47. The van der Waals surface area contributed by atoms with E-state index < -0.39 is 9.84 Å². The standard InChI is InChI=1S/C14H26N2O5S/c1-3-13(18)15(8-9-17)6-7-16(14(19)4-2)12-5-10-22(20,21)11-12/h12,17H,3-11H2,1-2H3/t12-/m1/s1. The molecule has 1 atom stereocenters. The van der Waals surface area contributed by atoms with Gasteiger partial charge in [0.05, 0.1) is 18.1 Å². The minimum Gasteiger partial charge on any atom is -0.395 e. The number of aliphatic hydroxyl groups excluding tert-OH is 1. The number of aliphatic hydroxyl groups is 1. The normalized spacial score (nSPS) is 19.9. The summed E-state index contributed by atoms with van der Waals surface area (Å²) in [7, 11) is -3.07. The summed E-state index contributed by atoms with van der Waals surface area (Å²) in [6, 6.07) is -0.301. The van der Waals surface area contributed by atoms with Crippen LogP contribution in [-0.4, -0.2) is 78.9 Å². The van der Waals surface area contributed by atoms with Crippen molar-refractivity contribution in [2.45, 2.75) is 39.2 Å². The highest BCUT2D eigenvalue weighted by Gasteiger charge is 2.34. The monoisotopic (exact) mass is 334 g/mol. The number of nitrogens with zero attached hydrogens (tertiary/aromatic N) is 2. The van der Waals surface area contributed by atoms with E-state index in [2.05, 4.69) is 0 Å². The van der Waals surface area contributed by atoms with Gasteiger partial charge in [0.1, 0.15) is 0 Å². The number of amides is 2. The van der Waals surface area contributed by atoms with E-state index in [1.165, 1.54) is 4.90 Å². The average molecular weight is 334 g/mol. The molecule has 1 heterocycles. The second-order valence-corrected chi connectivity index (χ2v) is 7.68. The Morgan fingerprint density at radius 2 is 1.73 bits per heavy atom. The van der Waals surface area contributed by atoms with Crippen LogP contribution in [0.3, 0.4) is 0 Å². The van der Waals surface area contributed by atoms with Gasteiger partial charge in [0, 0.05) is 38.5 Å². The van der Waals surface area contributed by atoms with E-state index in [1.807, 2.05) is 0 Å². The Labute approximate surface area is 132 Å². The van der Waals surface area contributed by atoms with Crippen molar-refractivity contribution in [2.24, 2.45) is 0 Å². The number of hydrogen-bond acceptors (Lipinski definition) is 5. The van der Waals surface area contributed by atoms with Crippen LogP contribution in [0, 0.1) is 0 Å². The molecule has 0 spiro atoms. The van der Waals surface area contributed by atoms with Crippen LogP contribution in [0.15, 0.2) is 0 Å².